The fraction of sp³-hybridized carbons (Fsp3) is 0.907. The van der Waals surface area contributed by atoms with Crippen molar-refractivity contribution in [2.45, 2.75) is 229 Å². The molecule has 11 heteroatoms. The summed E-state index contributed by atoms with van der Waals surface area (Å²) in [6.07, 6.45) is 29.1. The lowest BCUT2D eigenvalue weighted by atomic mass is 9.79. The number of hydrogen-bond donors (Lipinski definition) is 6. The summed E-state index contributed by atoms with van der Waals surface area (Å²) in [6, 6.07) is 0.618. The van der Waals surface area contributed by atoms with Crippen LogP contribution in [0.1, 0.15) is 175 Å². The van der Waals surface area contributed by atoms with E-state index in [0.29, 0.717) is 25.6 Å². The lowest BCUT2D eigenvalue weighted by Crippen LogP contribution is -3.29. The molecule has 11 nitrogen and oxygen atoms in total. The van der Waals surface area contributed by atoms with Crippen molar-refractivity contribution in [3.05, 3.63) is 12.2 Å². The lowest BCUT2D eigenvalue weighted by molar-refractivity contribution is -0.985. The third-order valence-electron chi connectivity index (χ3n) is 13.1. The summed E-state index contributed by atoms with van der Waals surface area (Å²) in [5.41, 5.74) is 4.38. The molecular weight excluding hydrogens is 683 g/mol. The highest BCUT2D eigenvalue weighted by atomic mass is 16.6. The van der Waals surface area contributed by atoms with Crippen LogP contribution in [0.4, 0.5) is 0 Å². The number of esters is 1. The van der Waals surface area contributed by atoms with Crippen LogP contribution in [0, 0.1) is 5.92 Å². The summed E-state index contributed by atoms with van der Waals surface area (Å²) in [5, 5.41) is 20.6. The van der Waals surface area contributed by atoms with Crippen LogP contribution in [0.2, 0.25) is 0 Å². The first-order valence-electron chi connectivity index (χ1n) is 22.5. The number of carbonyl (C=O) groups excluding carboxylic acids is 2. The molecule has 54 heavy (non-hydrogen) atoms. The first-order valence-corrected chi connectivity index (χ1v) is 22.5. The Kier molecular flexibility index (Phi) is 17.6. The second kappa shape index (κ2) is 21.8. The fourth-order valence-corrected chi connectivity index (χ4v) is 10.3. The molecule has 1 amide bonds. The van der Waals surface area contributed by atoms with Crippen LogP contribution in [0.5, 0.6) is 0 Å². The predicted octanol–water partition coefficient (Wildman–Crippen LogP) is 5.24. The minimum absolute atomic E-state index is 0.0107. The van der Waals surface area contributed by atoms with Gasteiger partial charge in [0, 0.05) is 25.8 Å². The molecule has 0 aromatic rings. The minimum atomic E-state index is -0.896. The molecule has 4 saturated heterocycles. The van der Waals surface area contributed by atoms with Crippen molar-refractivity contribution in [3.63, 3.8) is 0 Å². The quantitative estimate of drug-likeness (QED) is 0.0495. The molecule has 5 aliphatic rings. The molecule has 0 bridgehead atoms. The number of nitrogens with two attached hydrogens (primary N) is 1. The summed E-state index contributed by atoms with van der Waals surface area (Å²) in [7, 11) is 0. The Labute approximate surface area is 327 Å². The normalized spacial score (nSPS) is 34.4. The van der Waals surface area contributed by atoms with E-state index >= 15 is 0 Å². The second-order valence-corrected chi connectivity index (χ2v) is 17.5. The van der Waals surface area contributed by atoms with Gasteiger partial charge in [-0.25, -0.2) is 10.6 Å². The van der Waals surface area contributed by atoms with E-state index in [1.165, 1.54) is 62.7 Å². The highest BCUT2D eigenvalue weighted by Gasteiger charge is 2.67. The lowest BCUT2D eigenvalue weighted by Gasteiger charge is -2.58. The SMILES string of the molecule is CCC1C=CCCC2(CC3CCC4C(C(=O)OC(C)CCCCCCCCCCCCCCC(O)C(=O)NCCCN)C5(CCCC(C)O5)NC(N2)[NH+]34)O1. The minimum Gasteiger partial charge on any atom is -0.462 e. The smallest absolute Gasteiger partial charge is 0.319 e. The molecule has 7 N–H and O–H groups in total. The first-order chi connectivity index (χ1) is 26.2. The molecule has 0 radical (unpaired) electrons. The molecule has 2 spiro atoms. The third kappa shape index (κ3) is 12.0. The Morgan fingerprint density at radius 1 is 0.944 bits per heavy atom. The number of rotatable bonds is 22. The van der Waals surface area contributed by atoms with E-state index in [9.17, 15) is 14.7 Å². The van der Waals surface area contributed by atoms with Gasteiger partial charge in [0.15, 0.2) is 5.92 Å². The van der Waals surface area contributed by atoms with Crippen LogP contribution in [0.3, 0.4) is 0 Å². The number of quaternary nitrogens is 1. The van der Waals surface area contributed by atoms with E-state index in [1.54, 1.807) is 0 Å². The van der Waals surface area contributed by atoms with Crippen LogP contribution in [0.25, 0.3) is 0 Å². The van der Waals surface area contributed by atoms with Gasteiger partial charge in [-0.2, -0.15) is 0 Å². The van der Waals surface area contributed by atoms with Gasteiger partial charge in [-0.3, -0.25) is 9.59 Å². The summed E-state index contributed by atoms with van der Waals surface area (Å²) >= 11 is 0. The molecule has 5 aliphatic heterocycles. The standard InChI is InChI=1S/C43H77N5O6/c1-4-35-23-17-18-27-42(54-35)31-34-25-26-36-38(43(28-19-22-33(3)53-43)47-41(46-42)48(34)36)40(51)52-32(2)21-15-13-11-9-7-5-6-8-10-12-14-16-24-37(49)39(50)45-30-20-29-44/h17,23,32-38,41,46-47,49H,4-16,18-22,24-31,44H2,1-3H3,(H,45,50)/p+1. The van der Waals surface area contributed by atoms with Gasteiger partial charge >= 0.3 is 5.97 Å². The van der Waals surface area contributed by atoms with Gasteiger partial charge < -0.3 is 35.3 Å². The number of unbranched alkanes of at least 4 members (excludes halogenated alkanes) is 11. The molecule has 0 saturated carbocycles. The Balaban J connectivity index is 0.973. The number of nitrogens with one attached hydrogen (secondary N) is 4. The van der Waals surface area contributed by atoms with Gasteiger partial charge in [-0.05, 0) is 84.6 Å². The fourth-order valence-electron chi connectivity index (χ4n) is 10.3. The molecule has 11 unspecified atom stereocenters. The Hall–Kier alpha value is -1.60. The summed E-state index contributed by atoms with van der Waals surface area (Å²) in [5.74, 6) is -0.650. The molecular formula is C43H78N5O6+. The largest absolute Gasteiger partial charge is 0.462 e. The number of aliphatic hydroxyl groups is 1. The van der Waals surface area contributed by atoms with Gasteiger partial charge in [-0.15, -0.1) is 0 Å². The van der Waals surface area contributed by atoms with Crippen molar-refractivity contribution in [1.82, 2.24) is 16.0 Å². The van der Waals surface area contributed by atoms with E-state index in [-0.39, 0.29) is 54.2 Å². The van der Waals surface area contributed by atoms with Crippen LogP contribution in [-0.4, -0.2) is 84.3 Å². The van der Waals surface area contributed by atoms with Gasteiger partial charge in [0.05, 0.1) is 24.4 Å². The van der Waals surface area contributed by atoms with E-state index in [1.807, 2.05) is 0 Å². The van der Waals surface area contributed by atoms with Crippen LogP contribution < -0.4 is 26.6 Å². The average molecular weight is 761 g/mol. The van der Waals surface area contributed by atoms with Crippen LogP contribution >= 0.6 is 0 Å². The number of ether oxygens (including phenoxy) is 3. The zero-order chi connectivity index (χ0) is 38.4. The molecule has 0 aliphatic carbocycles. The number of aliphatic hydroxyl groups excluding tert-OH is 1. The molecule has 11 atom stereocenters. The van der Waals surface area contributed by atoms with Crippen molar-refractivity contribution in [2.75, 3.05) is 13.1 Å². The van der Waals surface area contributed by atoms with Gasteiger partial charge in [0.1, 0.15) is 23.6 Å². The summed E-state index contributed by atoms with van der Waals surface area (Å²) in [6.45, 7) is 7.51. The molecule has 5 rings (SSSR count). The molecule has 0 aromatic heterocycles. The Morgan fingerprint density at radius 2 is 1.63 bits per heavy atom. The monoisotopic (exact) mass is 761 g/mol. The zero-order valence-corrected chi connectivity index (χ0v) is 34.2. The van der Waals surface area contributed by atoms with Crippen molar-refractivity contribution >= 4 is 11.9 Å². The average Bonchev–Trinajstić information content (AvgIpc) is 3.45. The molecule has 5 heterocycles. The predicted molar refractivity (Wildman–Crippen MR) is 212 cm³/mol. The van der Waals surface area contributed by atoms with E-state index in [2.05, 4.69) is 48.9 Å². The molecule has 4 fully saturated rings. The molecule has 310 valence electrons. The first kappa shape index (κ1) is 43.5. The second-order valence-electron chi connectivity index (χ2n) is 17.5. The Morgan fingerprint density at radius 3 is 2.30 bits per heavy atom. The maximum absolute atomic E-state index is 14.3. The topological polar surface area (TPSA) is 149 Å². The van der Waals surface area contributed by atoms with Gasteiger partial charge in [0.25, 0.3) is 0 Å². The third-order valence-corrected chi connectivity index (χ3v) is 13.1. The number of amides is 1. The van der Waals surface area contributed by atoms with Gasteiger partial charge in [0.2, 0.25) is 12.2 Å². The maximum Gasteiger partial charge on any atom is 0.319 e. The highest BCUT2D eigenvalue weighted by Crippen LogP contribution is 2.42. The summed E-state index contributed by atoms with van der Waals surface area (Å²) in [4.78, 5) is 27.6. The van der Waals surface area contributed by atoms with E-state index < -0.39 is 11.8 Å². The summed E-state index contributed by atoms with van der Waals surface area (Å²) < 4.78 is 20.0. The van der Waals surface area contributed by atoms with Crippen molar-refractivity contribution in [1.29, 1.82) is 0 Å². The Bertz CT molecular complexity index is 1180. The molecule has 0 aromatic carbocycles. The zero-order valence-electron chi connectivity index (χ0n) is 34.2. The number of carbonyl (C=O) groups is 2. The van der Waals surface area contributed by atoms with Crippen LogP contribution in [-0.2, 0) is 23.8 Å². The number of allylic oxidation sites excluding steroid dienone is 1. The van der Waals surface area contributed by atoms with Crippen molar-refractivity contribution in [3.8, 4) is 0 Å². The maximum atomic E-state index is 14.3. The van der Waals surface area contributed by atoms with Crippen molar-refractivity contribution in [2.24, 2.45) is 11.7 Å². The number of hydrogen-bond acceptors (Lipinski definition) is 9. The van der Waals surface area contributed by atoms with E-state index in [4.69, 9.17) is 19.9 Å². The van der Waals surface area contributed by atoms with Crippen molar-refractivity contribution < 1.29 is 33.8 Å². The highest BCUT2D eigenvalue weighted by molar-refractivity contribution is 5.80. The van der Waals surface area contributed by atoms with E-state index in [0.717, 1.165) is 89.9 Å². The van der Waals surface area contributed by atoms with Gasteiger partial charge in [-0.1, -0.05) is 89.7 Å². The van der Waals surface area contributed by atoms with Crippen LogP contribution in [0.15, 0.2) is 12.2 Å².